The van der Waals surface area contributed by atoms with Gasteiger partial charge in [0.05, 0.1) is 25.6 Å². The summed E-state index contributed by atoms with van der Waals surface area (Å²) in [5.74, 6) is 2.27. The van der Waals surface area contributed by atoms with Crippen molar-refractivity contribution in [3.05, 3.63) is 108 Å². The van der Waals surface area contributed by atoms with Crippen LogP contribution < -0.4 is 24.4 Å². The lowest BCUT2D eigenvalue weighted by atomic mass is 10.1. The van der Waals surface area contributed by atoms with Gasteiger partial charge in [-0.2, -0.15) is 5.10 Å². The second-order valence-electron chi connectivity index (χ2n) is 9.70. The Balaban J connectivity index is 1.16. The summed E-state index contributed by atoms with van der Waals surface area (Å²) in [6, 6.07) is 28.1. The predicted molar refractivity (Wildman–Crippen MR) is 156 cm³/mol. The fourth-order valence-electron chi connectivity index (χ4n) is 4.80. The monoisotopic (exact) mass is 548 g/mol. The average Bonchev–Trinajstić information content (AvgIpc) is 3.61. The molecular formula is C32H28N4O5. The number of benzene rings is 4. The minimum Gasteiger partial charge on any atom is -0.497 e. The first-order valence-corrected chi connectivity index (χ1v) is 13.1. The van der Waals surface area contributed by atoms with Crippen LogP contribution in [0.3, 0.4) is 0 Å². The van der Waals surface area contributed by atoms with E-state index in [2.05, 4.69) is 5.32 Å². The number of ether oxygens (including phenoxy) is 3. The highest BCUT2D eigenvalue weighted by molar-refractivity contribution is 6.05. The molecule has 0 unspecified atom stereocenters. The quantitative estimate of drug-likeness (QED) is 0.284. The third-order valence-corrected chi connectivity index (χ3v) is 7.02. The zero-order chi connectivity index (χ0) is 28.3. The Labute approximate surface area is 236 Å². The maximum Gasteiger partial charge on any atom is 0.258 e. The third-order valence-electron chi connectivity index (χ3n) is 7.02. The Morgan fingerprint density at radius 3 is 2.44 bits per heavy atom. The standard InChI is InChI=1S/C32H28N4O5/c1-35(24-12-14-25(39-2)15-13-24)32(38)23-10-7-21(8-11-23)19-36-27-6-4-3-5-26(27)31(34-36)33-30(37)18-22-9-16-28-29(17-22)41-20-40-28/h3-17H,18-20H2,1-2H3,(H,33,34,37). The van der Waals surface area contributed by atoms with Crippen LogP contribution in [0.25, 0.3) is 10.9 Å². The van der Waals surface area contributed by atoms with Gasteiger partial charge in [-0.1, -0.05) is 30.3 Å². The first-order valence-electron chi connectivity index (χ1n) is 13.1. The predicted octanol–water partition coefficient (Wildman–Crippen LogP) is 5.28. The third kappa shape index (κ3) is 5.42. The topological polar surface area (TPSA) is 94.9 Å². The van der Waals surface area contributed by atoms with E-state index in [1.165, 1.54) is 0 Å². The highest BCUT2D eigenvalue weighted by atomic mass is 16.7. The molecule has 0 saturated heterocycles. The molecule has 41 heavy (non-hydrogen) atoms. The minimum absolute atomic E-state index is 0.112. The van der Waals surface area contributed by atoms with E-state index in [-0.39, 0.29) is 25.0 Å². The van der Waals surface area contributed by atoms with Gasteiger partial charge >= 0.3 is 0 Å². The van der Waals surface area contributed by atoms with Crippen LogP contribution in [0.1, 0.15) is 21.5 Å². The maximum atomic E-state index is 13.1. The lowest BCUT2D eigenvalue weighted by Crippen LogP contribution is -2.26. The second-order valence-corrected chi connectivity index (χ2v) is 9.70. The molecule has 0 fully saturated rings. The molecule has 9 heteroatoms. The number of aromatic nitrogens is 2. The molecule has 4 aromatic carbocycles. The Bertz CT molecular complexity index is 1730. The molecule has 0 spiro atoms. The van der Waals surface area contributed by atoms with Crippen molar-refractivity contribution in [2.24, 2.45) is 0 Å². The molecule has 2 heterocycles. The zero-order valence-electron chi connectivity index (χ0n) is 22.7. The minimum atomic E-state index is -0.178. The molecular weight excluding hydrogens is 520 g/mol. The van der Waals surface area contributed by atoms with Crippen molar-refractivity contribution < 1.29 is 23.8 Å². The van der Waals surface area contributed by atoms with Crippen LogP contribution >= 0.6 is 0 Å². The molecule has 0 radical (unpaired) electrons. The zero-order valence-corrected chi connectivity index (χ0v) is 22.7. The summed E-state index contributed by atoms with van der Waals surface area (Å²) in [4.78, 5) is 27.6. The number of anilines is 2. The van der Waals surface area contributed by atoms with Gasteiger partial charge in [0.25, 0.3) is 5.91 Å². The van der Waals surface area contributed by atoms with Gasteiger partial charge in [0.15, 0.2) is 17.3 Å². The van der Waals surface area contributed by atoms with E-state index in [4.69, 9.17) is 19.3 Å². The van der Waals surface area contributed by atoms with Crippen LogP contribution in [0.4, 0.5) is 11.5 Å². The van der Waals surface area contributed by atoms with Crippen LogP contribution in [0, 0.1) is 0 Å². The Kier molecular flexibility index (Phi) is 6.99. The lowest BCUT2D eigenvalue weighted by Gasteiger charge is -2.18. The van der Waals surface area contributed by atoms with Crippen molar-refractivity contribution >= 4 is 34.2 Å². The highest BCUT2D eigenvalue weighted by Crippen LogP contribution is 2.33. The molecule has 0 atom stereocenters. The Morgan fingerprint density at radius 2 is 1.66 bits per heavy atom. The molecule has 1 aromatic heterocycles. The molecule has 0 bridgehead atoms. The fraction of sp³-hybridized carbons (Fsp3) is 0.156. The van der Waals surface area contributed by atoms with Gasteiger partial charge in [-0.15, -0.1) is 0 Å². The van der Waals surface area contributed by atoms with Crippen LogP contribution in [0.15, 0.2) is 91.0 Å². The van der Waals surface area contributed by atoms with Crippen molar-refractivity contribution in [3.63, 3.8) is 0 Å². The number of carbonyl (C=O) groups excluding carboxylic acids is 2. The summed E-state index contributed by atoms with van der Waals surface area (Å²) in [5, 5.41) is 8.53. The average molecular weight is 549 g/mol. The smallest absolute Gasteiger partial charge is 0.258 e. The molecule has 9 nitrogen and oxygen atoms in total. The fourth-order valence-corrected chi connectivity index (χ4v) is 4.80. The molecule has 6 rings (SSSR count). The second kappa shape index (κ2) is 11.1. The van der Waals surface area contributed by atoms with Gasteiger partial charge in [0, 0.05) is 23.7 Å². The van der Waals surface area contributed by atoms with Crippen LogP contribution in [0.5, 0.6) is 17.2 Å². The number of hydrogen-bond donors (Lipinski definition) is 1. The summed E-state index contributed by atoms with van der Waals surface area (Å²) < 4.78 is 17.8. The summed E-state index contributed by atoms with van der Waals surface area (Å²) in [6.07, 6.45) is 0.179. The van der Waals surface area contributed by atoms with Crippen molar-refractivity contribution in [2.45, 2.75) is 13.0 Å². The van der Waals surface area contributed by atoms with E-state index >= 15 is 0 Å². The number of rotatable bonds is 8. The number of para-hydroxylation sites is 1. The lowest BCUT2D eigenvalue weighted by molar-refractivity contribution is -0.115. The first kappa shape index (κ1) is 25.9. The number of nitrogens with one attached hydrogen (secondary N) is 1. The summed E-state index contributed by atoms with van der Waals surface area (Å²) in [6.45, 7) is 0.662. The molecule has 206 valence electrons. The molecule has 5 aromatic rings. The van der Waals surface area contributed by atoms with Crippen LogP contribution in [0.2, 0.25) is 0 Å². The Hall–Kier alpha value is -5.31. The van der Waals surface area contributed by atoms with Gasteiger partial charge in [-0.3, -0.25) is 14.3 Å². The number of fused-ring (bicyclic) bond motifs is 2. The molecule has 1 N–H and O–H groups in total. The van der Waals surface area contributed by atoms with E-state index in [0.29, 0.717) is 29.4 Å². The largest absolute Gasteiger partial charge is 0.497 e. The first-order chi connectivity index (χ1) is 20.0. The summed E-state index contributed by atoms with van der Waals surface area (Å²) >= 11 is 0. The number of methoxy groups -OCH3 is 1. The van der Waals surface area contributed by atoms with Crippen molar-refractivity contribution in [1.29, 1.82) is 0 Å². The molecule has 0 saturated carbocycles. The number of hydrogen-bond acceptors (Lipinski definition) is 6. The van der Waals surface area contributed by atoms with E-state index in [1.807, 2.05) is 95.7 Å². The van der Waals surface area contributed by atoms with Gasteiger partial charge < -0.3 is 24.4 Å². The van der Waals surface area contributed by atoms with Gasteiger partial charge in [-0.05, 0) is 71.8 Å². The van der Waals surface area contributed by atoms with E-state index in [1.54, 1.807) is 19.1 Å². The molecule has 1 aliphatic heterocycles. The van der Waals surface area contributed by atoms with Crippen LogP contribution in [-0.2, 0) is 17.8 Å². The van der Waals surface area contributed by atoms with Crippen molar-refractivity contribution in [1.82, 2.24) is 9.78 Å². The maximum absolute atomic E-state index is 13.1. The highest BCUT2D eigenvalue weighted by Gasteiger charge is 2.18. The Morgan fingerprint density at radius 1 is 0.927 bits per heavy atom. The van der Waals surface area contributed by atoms with Crippen molar-refractivity contribution in [3.8, 4) is 17.2 Å². The molecule has 2 amide bonds. The molecule has 0 aliphatic carbocycles. The van der Waals surface area contributed by atoms with Crippen molar-refractivity contribution in [2.75, 3.05) is 31.2 Å². The summed E-state index contributed by atoms with van der Waals surface area (Å²) in [5.41, 5.74) is 4.04. The SMILES string of the molecule is COc1ccc(N(C)C(=O)c2ccc(Cn3nc(NC(=O)Cc4ccc5c(c4)OCO5)c4ccccc43)cc2)cc1. The summed E-state index contributed by atoms with van der Waals surface area (Å²) in [7, 11) is 3.35. The van der Waals surface area contributed by atoms with Gasteiger partial charge in [0.2, 0.25) is 12.7 Å². The van der Waals surface area contributed by atoms with Gasteiger partial charge in [0.1, 0.15) is 5.75 Å². The number of amides is 2. The normalized spacial score (nSPS) is 11.9. The van der Waals surface area contributed by atoms with Crippen LogP contribution in [-0.4, -0.2) is 42.5 Å². The van der Waals surface area contributed by atoms with Gasteiger partial charge in [-0.25, -0.2) is 0 Å². The van der Waals surface area contributed by atoms with E-state index in [0.717, 1.165) is 33.5 Å². The van der Waals surface area contributed by atoms with E-state index in [9.17, 15) is 9.59 Å². The number of carbonyl (C=O) groups is 2. The molecule has 1 aliphatic rings. The number of nitrogens with zero attached hydrogens (tertiary/aromatic N) is 3. The van der Waals surface area contributed by atoms with E-state index < -0.39 is 0 Å².